The third kappa shape index (κ3) is 5.45. The summed E-state index contributed by atoms with van der Waals surface area (Å²) < 4.78 is 10.9. The first-order valence-electron chi connectivity index (χ1n) is 12.0. The molecule has 3 aromatic rings. The number of nitrogens with one attached hydrogen (secondary N) is 2. The van der Waals surface area contributed by atoms with Gasteiger partial charge in [-0.3, -0.25) is 4.79 Å². The number of halogens is 2. The fourth-order valence-corrected chi connectivity index (χ4v) is 5.38. The monoisotopic (exact) mass is 586 g/mol. The Bertz CT molecular complexity index is 1440. The first-order chi connectivity index (χ1) is 18.6. The number of benzene rings is 2. The lowest BCUT2D eigenvalue weighted by atomic mass is 10.1. The van der Waals surface area contributed by atoms with Gasteiger partial charge in [-0.05, 0) is 50.7 Å². The smallest absolute Gasteiger partial charge is 0.247 e. The second kappa shape index (κ2) is 11.6. The van der Waals surface area contributed by atoms with E-state index in [1.54, 1.807) is 18.3 Å². The van der Waals surface area contributed by atoms with Crippen molar-refractivity contribution in [2.75, 3.05) is 34.7 Å². The van der Waals surface area contributed by atoms with Crippen LogP contribution in [0.15, 0.2) is 43.1 Å². The maximum Gasteiger partial charge on any atom is 0.247 e. The lowest BCUT2D eigenvalue weighted by Gasteiger charge is -2.41. The Balaban J connectivity index is 1.77. The molecule has 12 heteroatoms. The molecular weight excluding hydrogens is 559 g/mol. The van der Waals surface area contributed by atoms with Gasteiger partial charge >= 0.3 is 0 Å². The van der Waals surface area contributed by atoms with E-state index in [0.717, 1.165) is 11.1 Å². The minimum absolute atomic E-state index is 0.0623. The average molecular weight is 588 g/mol. The molecule has 0 spiro atoms. The van der Waals surface area contributed by atoms with Gasteiger partial charge in [0.25, 0.3) is 0 Å². The van der Waals surface area contributed by atoms with Crippen molar-refractivity contribution in [2.45, 2.75) is 33.4 Å². The quantitative estimate of drug-likeness (QED) is 0.226. The molecule has 1 aliphatic rings. The lowest BCUT2D eigenvalue weighted by Crippen LogP contribution is -2.51. The molecule has 0 radical (unpaired) electrons. The predicted molar refractivity (Wildman–Crippen MR) is 161 cm³/mol. The van der Waals surface area contributed by atoms with Gasteiger partial charge in [-0.1, -0.05) is 41.9 Å². The van der Waals surface area contributed by atoms with Crippen molar-refractivity contribution in [1.29, 1.82) is 0 Å². The van der Waals surface area contributed by atoms with Gasteiger partial charge in [0.15, 0.2) is 5.11 Å². The minimum atomic E-state index is -0.321. The molecule has 0 fully saturated rings. The van der Waals surface area contributed by atoms with Crippen molar-refractivity contribution in [1.82, 2.24) is 9.97 Å². The van der Waals surface area contributed by atoms with Crippen LogP contribution in [0.1, 0.15) is 25.0 Å². The van der Waals surface area contributed by atoms with E-state index in [2.05, 4.69) is 22.2 Å². The van der Waals surface area contributed by atoms with E-state index in [4.69, 9.17) is 49.9 Å². The number of fused-ring (bicyclic) bond motifs is 1. The molecule has 0 unspecified atom stereocenters. The van der Waals surface area contributed by atoms with Crippen molar-refractivity contribution in [3.63, 3.8) is 0 Å². The number of aryl methyl sites for hydroxylation is 1. The van der Waals surface area contributed by atoms with Crippen molar-refractivity contribution in [3.8, 4) is 11.5 Å². The highest BCUT2D eigenvalue weighted by Gasteiger charge is 2.35. The van der Waals surface area contributed by atoms with Crippen LogP contribution < -0.4 is 29.9 Å². The fourth-order valence-electron chi connectivity index (χ4n) is 4.22. The number of thiocarbonyl (C=S) groups is 1. The van der Waals surface area contributed by atoms with Gasteiger partial charge in [-0.25, -0.2) is 4.98 Å². The van der Waals surface area contributed by atoms with E-state index in [1.165, 1.54) is 20.3 Å². The Labute approximate surface area is 242 Å². The summed E-state index contributed by atoms with van der Waals surface area (Å²) in [6, 6.07) is 7.14. The lowest BCUT2D eigenvalue weighted by molar-refractivity contribution is -0.111. The molecule has 1 aliphatic heterocycles. The third-order valence-electron chi connectivity index (χ3n) is 6.12. The third-order valence-corrected chi connectivity index (χ3v) is 7.27. The topological polar surface area (TPSA) is 91.8 Å². The highest BCUT2D eigenvalue weighted by Crippen LogP contribution is 2.48. The maximum atomic E-state index is 12.0. The fraction of sp³-hybridized carbons (Fsp3) is 0.259. The van der Waals surface area contributed by atoms with Crippen molar-refractivity contribution < 1.29 is 14.3 Å². The van der Waals surface area contributed by atoms with Gasteiger partial charge < -0.3 is 29.9 Å². The van der Waals surface area contributed by atoms with E-state index in [9.17, 15) is 4.79 Å². The summed E-state index contributed by atoms with van der Waals surface area (Å²) in [6.45, 7) is 9.78. The van der Waals surface area contributed by atoms with Crippen molar-refractivity contribution in [3.05, 3.63) is 64.3 Å². The Morgan fingerprint density at radius 1 is 1.21 bits per heavy atom. The van der Waals surface area contributed by atoms with Gasteiger partial charge in [0, 0.05) is 23.9 Å². The molecule has 4 rings (SSSR count). The second-order valence-corrected chi connectivity index (χ2v) is 10.1. The Kier molecular flexibility index (Phi) is 8.48. The molecule has 2 heterocycles. The number of carbonyl (C=O) groups excluding carboxylic acids is 1. The van der Waals surface area contributed by atoms with Crippen LogP contribution in [0.2, 0.25) is 10.0 Å². The number of carbonyl (C=O) groups is 1. The maximum absolute atomic E-state index is 12.0. The molecule has 2 aromatic carbocycles. The molecular formula is C27H28Cl2N6O3S. The van der Waals surface area contributed by atoms with Crippen LogP contribution in [-0.2, 0) is 11.3 Å². The molecule has 2 N–H and O–H groups in total. The number of anilines is 5. The summed E-state index contributed by atoms with van der Waals surface area (Å²) in [7, 11) is 3.04. The standard InChI is InChI=1S/C27H28Cl2N6O3S/c1-7-20(36)31-17-10-8-9-15(4)23(17)32-26-30-12-16-13-34(27(39)35(14(2)3)25(16)33-26)24-21(28)18(37-5)11-19(38-6)22(24)29/h7-12,14H,1,13H2,2-6H3,(H,31,36)(H,30,32,33). The van der Waals surface area contributed by atoms with Gasteiger partial charge in [0.2, 0.25) is 11.9 Å². The molecule has 0 saturated carbocycles. The van der Waals surface area contributed by atoms with Gasteiger partial charge in [-0.15, -0.1) is 0 Å². The molecule has 1 aromatic heterocycles. The van der Waals surface area contributed by atoms with Crippen LogP contribution in [0.5, 0.6) is 11.5 Å². The molecule has 9 nitrogen and oxygen atoms in total. The number of aromatic nitrogens is 2. The highest BCUT2D eigenvalue weighted by atomic mass is 35.5. The zero-order valence-electron chi connectivity index (χ0n) is 22.1. The van der Waals surface area contributed by atoms with E-state index < -0.39 is 0 Å². The Morgan fingerprint density at radius 3 is 2.46 bits per heavy atom. The summed E-state index contributed by atoms with van der Waals surface area (Å²) >= 11 is 19.4. The number of amides is 1. The zero-order chi connectivity index (χ0) is 28.4. The van der Waals surface area contributed by atoms with E-state index >= 15 is 0 Å². The molecule has 1 amide bonds. The number of methoxy groups -OCH3 is 2. The van der Waals surface area contributed by atoms with Crippen LogP contribution in [0.25, 0.3) is 0 Å². The van der Waals surface area contributed by atoms with E-state index in [1.807, 2.05) is 42.7 Å². The van der Waals surface area contributed by atoms with Crippen LogP contribution >= 0.6 is 35.4 Å². The number of hydrogen-bond donors (Lipinski definition) is 2. The van der Waals surface area contributed by atoms with Gasteiger partial charge in [0.05, 0.1) is 37.8 Å². The van der Waals surface area contributed by atoms with Crippen LogP contribution in [0.4, 0.5) is 28.8 Å². The normalized spacial score (nSPS) is 12.8. The minimum Gasteiger partial charge on any atom is -0.495 e. The first kappa shape index (κ1) is 28.4. The van der Waals surface area contributed by atoms with Crippen LogP contribution in [0.3, 0.4) is 0 Å². The summed E-state index contributed by atoms with van der Waals surface area (Å²) in [6.07, 6.45) is 2.94. The number of hydrogen-bond acceptors (Lipinski definition) is 7. The van der Waals surface area contributed by atoms with Crippen LogP contribution in [0, 0.1) is 6.92 Å². The largest absolute Gasteiger partial charge is 0.495 e. The van der Waals surface area contributed by atoms with E-state index in [0.29, 0.717) is 62.0 Å². The summed E-state index contributed by atoms with van der Waals surface area (Å²) in [4.78, 5) is 25.1. The molecule has 39 heavy (non-hydrogen) atoms. The highest BCUT2D eigenvalue weighted by molar-refractivity contribution is 7.80. The summed E-state index contributed by atoms with van der Waals surface area (Å²) in [5, 5.41) is 7.14. The molecule has 0 bridgehead atoms. The van der Waals surface area contributed by atoms with Gasteiger partial charge in [0.1, 0.15) is 27.4 Å². The molecule has 204 valence electrons. The summed E-state index contributed by atoms with van der Waals surface area (Å²) in [5.74, 6) is 1.49. The van der Waals surface area contributed by atoms with Crippen molar-refractivity contribution >= 4 is 75.3 Å². The SMILES string of the molecule is C=CC(=O)Nc1cccc(C)c1Nc1ncc2c(n1)N(C(C)C)C(=S)N(c1c(Cl)c(OC)cc(OC)c1Cl)C2. The predicted octanol–water partition coefficient (Wildman–Crippen LogP) is 6.50. The number of para-hydroxylation sites is 1. The Hall–Kier alpha value is -3.60. The Morgan fingerprint density at radius 2 is 1.87 bits per heavy atom. The van der Waals surface area contributed by atoms with Gasteiger partial charge in [-0.2, -0.15) is 4.98 Å². The first-order valence-corrected chi connectivity index (χ1v) is 13.1. The molecule has 0 aliphatic carbocycles. The molecule has 0 atom stereocenters. The van der Waals surface area contributed by atoms with Crippen molar-refractivity contribution in [2.24, 2.45) is 0 Å². The van der Waals surface area contributed by atoms with Crippen LogP contribution in [-0.4, -0.2) is 41.2 Å². The number of nitrogens with zero attached hydrogens (tertiary/aromatic N) is 4. The number of ether oxygens (including phenoxy) is 2. The van der Waals surface area contributed by atoms with E-state index in [-0.39, 0.29) is 11.9 Å². The zero-order valence-corrected chi connectivity index (χ0v) is 24.5. The number of rotatable bonds is 8. The molecule has 0 saturated heterocycles. The average Bonchev–Trinajstić information content (AvgIpc) is 2.90. The second-order valence-electron chi connectivity index (χ2n) is 8.95. The summed E-state index contributed by atoms with van der Waals surface area (Å²) in [5.41, 5.74) is 3.44.